The topological polar surface area (TPSA) is 118 Å². The van der Waals surface area contributed by atoms with Crippen molar-refractivity contribution in [3.63, 3.8) is 0 Å². The Bertz CT molecular complexity index is 811. The Labute approximate surface area is 161 Å². The fourth-order valence-electron chi connectivity index (χ4n) is 2.10. The van der Waals surface area contributed by atoms with Crippen LogP contribution in [0, 0.1) is 0 Å². The molecule has 8 nitrogen and oxygen atoms in total. The molecule has 0 fully saturated rings. The zero-order valence-corrected chi connectivity index (χ0v) is 13.5. The van der Waals surface area contributed by atoms with Gasteiger partial charge in [-0.1, -0.05) is 0 Å². The normalized spacial score (nSPS) is 14.2. The zero-order chi connectivity index (χ0) is 17.6. The van der Waals surface area contributed by atoms with Crippen molar-refractivity contribution in [2.24, 2.45) is 0 Å². The molecule has 1 amide bonds. The number of carbonyl (C=O) groups excluding carboxylic acids is 3. The molecule has 0 spiro atoms. The van der Waals surface area contributed by atoms with E-state index in [1.165, 1.54) is 6.07 Å². The van der Waals surface area contributed by atoms with Gasteiger partial charge in [0, 0.05) is 0 Å². The van der Waals surface area contributed by atoms with Crippen LogP contribution >= 0.6 is 0 Å². The molecule has 0 saturated heterocycles. The quantitative estimate of drug-likeness (QED) is 0.351. The van der Waals surface area contributed by atoms with E-state index in [9.17, 15) is 22.8 Å². The predicted octanol–water partition coefficient (Wildman–Crippen LogP) is 0.156. The minimum absolute atomic E-state index is 0. The second kappa shape index (κ2) is 6.93. The predicted molar refractivity (Wildman–Crippen MR) is 85.9 cm³/mol. The molecule has 10 heteroatoms. The molecule has 0 radical (unpaired) electrons. The van der Waals surface area contributed by atoms with Crippen molar-refractivity contribution in [1.82, 2.24) is 0 Å². The van der Waals surface area contributed by atoms with Crippen LogP contribution < -0.4 is 4.90 Å². The molecule has 1 aromatic carbocycles. The average Bonchev–Trinajstić information content (AvgIpc) is 2.60. The Kier molecular flexibility index (Phi) is 6.00. The molecule has 0 saturated carbocycles. The van der Waals surface area contributed by atoms with Gasteiger partial charge in [-0.25, -0.2) is 0 Å². The van der Waals surface area contributed by atoms with E-state index in [1.54, 1.807) is 20.8 Å². The number of ketones is 1. The summed E-state index contributed by atoms with van der Waals surface area (Å²) in [7, 11) is -4.50. The van der Waals surface area contributed by atoms with E-state index in [0.717, 1.165) is 17.0 Å². The Morgan fingerprint density at radius 2 is 1.83 bits per heavy atom. The summed E-state index contributed by atoms with van der Waals surface area (Å²) < 4.78 is 36.3. The van der Waals surface area contributed by atoms with E-state index in [0.29, 0.717) is 0 Å². The van der Waals surface area contributed by atoms with E-state index in [-0.39, 0.29) is 40.8 Å². The van der Waals surface area contributed by atoms with E-state index in [1.807, 2.05) is 0 Å². The van der Waals surface area contributed by atoms with Crippen LogP contribution in [0.25, 0.3) is 0 Å². The van der Waals surface area contributed by atoms with Crippen LogP contribution in [-0.4, -0.2) is 72.3 Å². The van der Waals surface area contributed by atoms with Gasteiger partial charge in [-0.05, 0) is 39.0 Å². The summed E-state index contributed by atoms with van der Waals surface area (Å²) in [6.45, 7) is 4.51. The number of anilines is 1. The van der Waals surface area contributed by atoms with Gasteiger partial charge in [0.25, 0.3) is 21.8 Å². The van der Waals surface area contributed by atoms with Crippen molar-refractivity contribution >= 4 is 63.0 Å². The van der Waals surface area contributed by atoms with Gasteiger partial charge in [-0.3, -0.25) is 23.8 Å². The first-order valence-corrected chi connectivity index (χ1v) is 8.04. The molecule has 2 rings (SSSR count). The number of fused-ring (bicyclic) bond motifs is 1. The Morgan fingerprint density at radius 1 is 1.25 bits per heavy atom. The van der Waals surface area contributed by atoms with Crippen molar-refractivity contribution < 1.29 is 32.1 Å². The Morgan fingerprint density at radius 3 is 2.33 bits per heavy atom. The number of esters is 1. The number of amides is 1. The van der Waals surface area contributed by atoms with Crippen molar-refractivity contribution in [2.45, 2.75) is 31.3 Å². The van der Waals surface area contributed by atoms with Gasteiger partial charge in [0.1, 0.15) is 12.1 Å². The second-order valence-electron chi connectivity index (χ2n) is 5.96. The van der Waals surface area contributed by atoms with E-state index >= 15 is 0 Å². The summed E-state index contributed by atoms with van der Waals surface area (Å²) in [6.07, 6.45) is 0. The third-order valence-electron chi connectivity index (χ3n) is 2.95. The molecule has 1 aliphatic heterocycles. The maximum absolute atomic E-state index is 12.0. The molecule has 0 bridgehead atoms. The zero-order valence-electron chi connectivity index (χ0n) is 12.7. The summed E-state index contributed by atoms with van der Waals surface area (Å²) in [5.74, 6) is -2.61. The Balaban J connectivity index is 0.00000288. The molecule has 24 heavy (non-hydrogen) atoms. The summed E-state index contributed by atoms with van der Waals surface area (Å²) in [4.78, 5) is 36.2. The second-order valence-corrected chi connectivity index (χ2v) is 7.38. The van der Waals surface area contributed by atoms with Crippen molar-refractivity contribution in [1.29, 1.82) is 0 Å². The first-order valence-electron chi connectivity index (χ1n) is 6.60. The molecular formula is C14H16NNaO7S. The number of carbonyl (C=O) groups is 3. The molecule has 1 aromatic rings. The SMILES string of the molecule is CC(C)(C)OC(=O)CN1C(=O)C(=O)c2cc(S(=O)(=O)O)ccc21.[NaH]. The van der Waals surface area contributed by atoms with Crippen molar-refractivity contribution in [2.75, 3.05) is 11.4 Å². The average molecular weight is 365 g/mol. The Hall–Kier alpha value is -1.26. The van der Waals surface area contributed by atoms with Crippen LogP contribution in [0.15, 0.2) is 23.1 Å². The van der Waals surface area contributed by atoms with Crippen LogP contribution in [0.5, 0.6) is 0 Å². The number of ether oxygens (including phenoxy) is 1. The van der Waals surface area contributed by atoms with Gasteiger partial charge >= 0.3 is 35.5 Å². The van der Waals surface area contributed by atoms with Crippen LogP contribution in [0.2, 0.25) is 0 Å². The fourth-order valence-corrected chi connectivity index (χ4v) is 2.61. The molecule has 0 aromatic heterocycles. The van der Waals surface area contributed by atoms with Gasteiger partial charge in [0.2, 0.25) is 0 Å². The van der Waals surface area contributed by atoms with Gasteiger partial charge in [-0.15, -0.1) is 0 Å². The van der Waals surface area contributed by atoms with Gasteiger partial charge in [-0.2, -0.15) is 8.42 Å². The number of benzene rings is 1. The van der Waals surface area contributed by atoms with Gasteiger partial charge < -0.3 is 4.74 Å². The molecule has 0 atom stereocenters. The molecule has 0 unspecified atom stereocenters. The standard InChI is InChI=1S/C14H15NO7S.Na.H/c1-14(2,3)22-11(16)7-15-10-5-4-8(23(19,20)21)6-9(10)12(17)13(15)18;;/h4-6H,7H2,1-3H3,(H,19,20,21);;. The van der Waals surface area contributed by atoms with Crippen LogP contribution in [0.1, 0.15) is 31.1 Å². The summed E-state index contributed by atoms with van der Waals surface area (Å²) in [6, 6.07) is 3.13. The molecule has 126 valence electrons. The molecule has 1 N–H and O–H groups in total. The van der Waals surface area contributed by atoms with Gasteiger partial charge in [0.15, 0.2) is 0 Å². The van der Waals surface area contributed by atoms with Crippen molar-refractivity contribution in [3.8, 4) is 0 Å². The number of Topliss-reactive ketones (excluding diaryl/α,β-unsaturated/α-hetero) is 1. The number of nitrogens with zero attached hydrogens (tertiary/aromatic N) is 1. The number of rotatable bonds is 3. The van der Waals surface area contributed by atoms with Crippen LogP contribution in [-0.2, 0) is 24.4 Å². The monoisotopic (exact) mass is 365 g/mol. The van der Waals surface area contributed by atoms with E-state index in [4.69, 9.17) is 9.29 Å². The first-order chi connectivity index (χ1) is 10.4. The fraction of sp³-hybridized carbons (Fsp3) is 0.357. The third-order valence-corrected chi connectivity index (χ3v) is 3.80. The molecule has 1 heterocycles. The number of hydrogen-bond acceptors (Lipinski definition) is 6. The summed E-state index contributed by atoms with van der Waals surface area (Å²) in [5, 5.41) is 0. The third kappa shape index (κ3) is 4.42. The minimum atomic E-state index is -4.50. The van der Waals surface area contributed by atoms with E-state index in [2.05, 4.69) is 0 Å². The number of hydrogen-bond donors (Lipinski definition) is 1. The van der Waals surface area contributed by atoms with Gasteiger partial charge in [0.05, 0.1) is 16.1 Å². The van der Waals surface area contributed by atoms with Crippen molar-refractivity contribution in [3.05, 3.63) is 23.8 Å². The molecule has 0 aliphatic carbocycles. The van der Waals surface area contributed by atoms with Crippen LogP contribution in [0.3, 0.4) is 0 Å². The maximum atomic E-state index is 12.0. The molecule has 1 aliphatic rings. The summed E-state index contributed by atoms with van der Waals surface area (Å²) in [5.41, 5.74) is -0.839. The summed E-state index contributed by atoms with van der Waals surface area (Å²) >= 11 is 0. The van der Waals surface area contributed by atoms with E-state index < -0.39 is 44.8 Å². The van der Waals surface area contributed by atoms with Crippen LogP contribution in [0.4, 0.5) is 5.69 Å². The molecular weight excluding hydrogens is 349 g/mol. The first kappa shape index (κ1) is 20.8.